The lowest BCUT2D eigenvalue weighted by atomic mass is 10.2. The number of benzene rings is 1. The lowest BCUT2D eigenvalue weighted by molar-refractivity contribution is 0.756. The van der Waals surface area contributed by atoms with Gasteiger partial charge in [-0.05, 0) is 31.4 Å². The molecule has 4 nitrogen and oxygen atoms in total. The molecule has 0 bridgehead atoms. The van der Waals surface area contributed by atoms with E-state index in [2.05, 4.69) is 49.8 Å². The minimum atomic E-state index is 0.921. The smallest absolute Gasteiger partial charge is 0.198 e. The van der Waals surface area contributed by atoms with Crippen molar-refractivity contribution in [2.24, 2.45) is 4.99 Å². The molecule has 0 fully saturated rings. The summed E-state index contributed by atoms with van der Waals surface area (Å²) >= 11 is 1.75. The maximum Gasteiger partial charge on any atom is 0.198 e. The number of para-hydroxylation sites is 1. The molecule has 0 aliphatic carbocycles. The number of hydrogen-bond acceptors (Lipinski definition) is 3. The van der Waals surface area contributed by atoms with Gasteiger partial charge in [0, 0.05) is 43.3 Å². The van der Waals surface area contributed by atoms with Crippen molar-refractivity contribution < 1.29 is 0 Å². The molecule has 1 N–H and O–H groups in total. The minimum Gasteiger partial charge on any atom is -0.356 e. The van der Waals surface area contributed by atoms with E-state index in [1.807, 2.05) is 14.0 Å². The van der Waals surface area contributed by atoms with E-state index < -0.39 is 0 Å². The number of nitrogens with zero attached hydrogens (tertiary/aromatic N) is 3. The fraction of sp³-hybridized carbons (Fsp3) is 0.412. The van der Waals surface area contributed by atoms with Gasteiger partial charge in [0.1, 0.15) is 0 Å². The fourth-order valence-electron chi connectivity index (χ4n) is 2.81. The number of rotatable bonds is 4. The van der Waals surface area contributed by atoms with Crippen LogP contribution >= 0.6 is 11.3 Å². The second kappa shape index (κ2) is 6.92. The summed E-state index contributed by atoms with van der Waals surface area (Å²) < 4.78 is 0. The van der Waals surface area contributed by atoms with Gasteiger partial charge in [0.05, 0.1) is 5.01 Å². The molecule has 5 heteroatoms. The molecule has 1 aliphatic heterocycles. The maximum absolute atomic E-state index is 4.50. The number of aliphatic imine (C=N–C) groups is 1. The predicted molar refractivity (Wildman–Crippen MR) is 94.0 cm³/mol. The van der Waals surface area contributed by atoms with E-state index in [1.54, 1.807) is 11.3 Å². The Balaban J connectivity index is 1.53. The molecule has 116 valence electrons. The van der Waals surface area contributed by atoms with Gasteiger partial charge < -0.3 is 10.2 Å². The summed E-state index contributed by atoms with van der Waals surface area (Å²) in [6.45, 7) is 3.97. The molecular formula is C17H22N4S. The third kappa shape index (κ3) is 3.30. The average Bonchev–Trinajstić information content (AvgIpc) is 3.14. The molecule has 2 aromatic rings. The molecule has 1 aromatic carbocycles. The van der Waals surface area contributed by atoms with Gasteiger partial charge in [-0.15, -0.1) is 11.3 Å². The summed E-state index contributed by atoms with van der Waals surface area (Å²) in [6.07, 6.45) is 3.19. The highest BCUT2D eigenvalue weighted by Crippen LogP contribution is 2.27. The Morgan fingerprint density at radius 1 is 1.41 bits per heavy atom. The highest BCUT2D eigenvalue weighted by molar-refractivity contribution is 7.09. The van der Waals surface area contributed by atoms with Crippen LogP contribution in [0.2, 0.25) is 0 Å². The largest absolute Gasteiger partial charge is 0.356 e. The predicted octanol–water partition coefficient (Wildman–Crippen LogP) is 3.02. The molecule has 2 heterocycles. The molecule has 0 saturated carbocycles. The molecule has 1 aliphatic rings. The molecule has 3 rings (SSSR count). The molecule has 0 unspecified atom stereocenters. The number of nitrogens with one attached hydrogen (secondary N) is 1. The highest BCUT2D eigenvalue weighted by Gasteiger charge is 2.21. The van der Waals surface area contributed by atoms with Gasteiger partial charge in [0.25, 0.3) is 0 Å². The number of aromatic nitrogens is 1. The van der Waals surface area contributed by atoms with Gasteiger partial charge in [-0.1, -0.05) is 18.2 Å². The van der Waals surface area contributed by atoms with Crippen LogP contribution in [0.1, 0.15) is 22.7 Å². The summed E-state index contributed by atoms with van der Waals surface area (Å²) in [6, 6.07) is 8.57. The number of hydrogen-bond donors (Lipinski definition) is 1. The van der Waals surface area contributed by atoms with Gasteiger partial charge in [-0.2, -0.15) is 0 Å². The second-order valence-electron chi connectivity index (χ2n) is 5.49. The van der Waals surface area contributed by atoms with Crippen LogP contribution in [0.3, 0.4) is 0 Å². The number of guanidine groups is 1. The normalized spacial score (nSPS) is 14.3. The molecule has 1 aromatic heterocycles. The molecule has 0 amide bonds. The Bertz CT molecular complexity index is 662. The first kappa shape index (κ1) is 15.0. The first-order valence-corrected chi connectivity index (χ1v) is 8.63. The first-order chi connectivity index (χ1) is 10.8. The van der Waals surface area contributed by atoms with Crippen molar-refractivity contribution in [1.29, 1.82) is 0 Å². The topological polar surface area (TPSA) is 40.5 Å². The molecule has 0 atom stereocenters. The summed E-state index contributed by atoms with van der Waals surface area (Å²) in [5, 5.41) is 6.82. The summed E-state index contributed by atoms with van der Waals surface area (Å²) in [5.74, 6) is 0.972. The Hall–Kier alpha value is -1.88. The maximum atomic E-state index is 4.50. The van der Waals surface area contributed by atoms with Crippen LogP contribution in [0.5, 0.6) is 0 Å². The monoisotopic (exact) mass is 314 g/mol. The average molecular weight is 314 g/mol. The summed E-state index contributed by atoms with van der Waals surface area (Å²) in [5.41, 5.74) is 3.81. The Labute approximate surface area is 135 Å². The minimum absolute atomic E-state index is 0.921. The van der Waals surface area contributed by atoms with Gasteiger partial charge in [0.2, 0.25) is 0 Å². The zero-order chi connectivity index (χ0) is 15.4. The number of thiazole rings is 1. The SMILES string of the molecule is CN=C(NCCCc1nc(C)cs1)N1CCc2ccccc21. The summed E-state index contributed by atoms with van der Waals surface area (Å²) in [4.78, 5) is 11.2. The zero-order valence-electron chi connectivity index (χ0n) is 13.2. The van der Waals surface area contributed by atoms with Gasteiger partial charge >= 0.3 is 0 Å². The van der Waals surface area contributed by atoms with Gasteiger partial charge in [0.15, 0.2) is 5.96 Å². The fourth-order valence-corrected chi connectivity index (χ4v) is 3.63. The molecule has 0 radical (unpaired) electrons. The quantitative estimate of drug-likeness (QED) is 0.536. The molecule has 0 spiro atoms. The van der Waals surface area contributed by atoms with Crippen LogP contribution in [0.4, 0.5) is 5.69 Å². The molecule has 0 saturated heterocycles. The van der Waals surface area contributed by atoms with E-state index in [0.717, 1.165) is 44.0 Å². The van der Waals surface area contributed by atoms with E-state index in [4.69, 9.17) is 0 Å². The van der Waals surface area contributed by atoms with Crippen molar-refractivity contribution in [3.8, 4) is 0 Å². The van der Waals surface area contributed by atoms with Crippen LogP contribution in [-0.2, 0) is 12.8 Å². The van der Waals surface area contributed by atoms with Gasteiger partial charge in [-0.25, -0.2) is 4.98 Å². The van der Waals surface area contributed by atoms with Crippen molar-refractivity contribution in [2.75, 3.05) is 25.0 Å². The van der Waals surface area contributed by atoms with E-state index >= 15 is 0 Å². The standard InChI is InChI=1S/C17H22N4S/c1-13-12-22-16(20-13)8-5-10-19-17(18-2)21-11-9-14-6-3-4-7-15(14)21/h3-4,6-7,12H,5,8-11H2,1-2H3,(H,18,19). The van der Waals surface area contributed by atoms with E-state index in [-0.39, 0.29) is 0 Å². The van der Waals surface area contributed by atoms with E-state index in [0.29, 0.717) is 0 Å². The highest BCUT2D eigenvalue weighted by atomic mass is 32.1. The number of anilines is 1. The molecule has 22 heavy (non-hydrogen) atoms. The second-order valence-corrected chi connectivity index (χ2v) is 6.43. The first-order valence-electron chi connectivity index (χ1n) is 7.75. The lowest BCUT2D eigenvalue weighted by Gasteiger charge is -2.22. The van der Waals surface area contributed by atoms with Crippen molar-refractivity contribution in [1.82, 2.24) is 10.3 Å². The number of aryl methyl sites for hydroxylation is 2. The third-order valence-electron chi connectivity index (χ3n) is 3.87. The van der Waals surface area contributed by atoms with Gasteiger partial charge in [-0.3, -0.25) is 4.99 Å². The van der Waals surface area contributed by atoms with E-state index in [1.165, 1.54) is 16.3 Å². The van der Waals surface area contributed by atoms with Crippen LogP contribution < -0.4 is 10.2 Å². The molecular weight excluding hydrogens is 292 g/mol. The summed E-state index contributed by atoms with van der Waals surface area (Å²) in [7, 11) is 1.85. The number of fused-ring (bicyclic) bond motifs is 1. The van der Waals surface area contributed by atoms with Crippen LogP contribution in [0.25, 0.3) is 0 Å². The van der Waals surface area contributed by atoms with Crippen molar-refractivity contribution >= 4 is 23.0 Å². The zero-order valence-corrected chi connectivity index (χ0v) is 14.0. The van der Waals surface area contributed by atoms with Crippen LogP contribution in [-0.4, -0.2) is 31.1 Å². The van der Waals surface area contributed by atoms with Crippen molar-refractivity contribution in [3.05, 3.63) is 45.9 Å². The van der Waals surface area contributed by atoms with Crippen molar-refractivity contribution in [3.63, 3.8) is 0 Å². The van der Waals surface area contributed by atoms with Crippen molar-refractivity contribution in [2.45, 2.75) is 26.2 Å². The van der Waals surface area contributed by atoms with E-state index in [9.17, 15) is 0 Å². The third-order valence-corrected chi connectivity index (χ3v) is 4.90. The Morgan fingerprint density at radius 3 is 3.05 bits per heavy atom. The van der Waals surface area contributed by atoms with Crippen LogP contribution in [0.15, 0.2) is 34.6 Å². The Kier molecular flexibility index (Phi) is 4.73. The van der Waals surface area contributed by atoms with Crippen LogP contribution in [0, 0.1) is 6.92 Å². The Morgan fingerprint density at radius 2 is 2.27 bits per heavy atom. The lowest BCUT2D eigenvalue weighted by Crippen LogP contribution is -2.41.